The fraction of sp³-hybridized carbons (Fsp3) is 0.889. The minimum atomic E-state index is 0.161. The first-order chi connectivity index (χ1) is 5.72. The number of carbonyl (C=O) groups is 1. The van der Waals surface area contributed by atoms with Gasteiger partial charge in [0.2, 0.25) is 5.91 Å². The van der Waals surface area contributed by atoms with E-state index in [1.54, 1.807) is 0 Å². The van der Waals surface area contributed by atoms with E-state index in [1.165, 1.54) is 0 Å². The quantitative estimate of drug-likeness (QED) is 0.556. The first kappa shape index (κ1) is 11.9. The molecule has 1 unspecified atom stereocenters. The van der Waals surface area contributed by atoms with E-state index in [1.807, 2.05) is 13.8 Å². The SMILES string of the molecule is CCC(C)C(=O)NCCCCBr. The van der Waals surface area contributed by atoms with Crippen molar-refractivity contribution in [1.29, 1.82) is 0 Å². The van der Waals surface area contributed by atoms with Crippen LogP contribution in [0.4, 0.5) is 0 Å². The Morgan fingerprint density at radius 2 is 2.17 bits per heavy atom. The van der Waals surface area contributed by atoms with Gasteiger partial charge >= 0.3 is 0 Å². The van der Waals surface area contributed by atoms with E-state index in [0.717, 1.165) is 31.1 Å². The Morgan fingerprint density at radius 1 is 1.50 bits per heavy atom. The number of hydrogen-bond donors (Lipinski definition) is 1. The molecular formula is C9H18BrNO. The molecule has 0 fully saturated rings. The van der Waals surface area contributed by atoms with Crippen LogP contribution in [-0.2, 0) is 4.79 Å². The van der Waals surface area contributed by atoms with Crippen LogP contribution in [0, 0.1) is 5.92 Å². The van der Waals surface area contributed by atoms with Crippen LogP contribution in [0.3, 0.4) is 0 Å². The van der Waals surface area contributed by atoms with E-state index in [2.05, 4.69) is 21.2 Å². The molecule has 0 saturated carbocycles. The van der Waals surface area contributed by atoms with Crippen molar-refractivity contribution in [1.82, 2.24) is 5.32 Å². The Bertz CT molecular complexity index is 128. The Labute approximate surface area is 83.2 Å². The molecule has 1 N–H and O–H groups in total. The van der Waals surface area contributed by atoms with Crippen molar-refractivity contribution in [2.45, 2.75) is 33.1 Å². The number of hydrogen-bond acceptors (Lipinski definition) is 1. The standard InChI is InChI=1S/C9H18BrNO/c1-3-8(2)9(12)11-7-5-4-6-10/h8H,3-7H2,1-2H3,(H,11,12). The topological polar surface area (TPSA) is 29.1 Å². The lowest BCUT2D eigenvalue weighted by Crippen LogP contribution is -2.29. The molecule has 0 heterocycles. The van der Waals surface area contributed by atoms with E-state index in [0.29, 0.717) is 0 Å². The van der Waals surface area contributed by atoms with Crippen LogP contribution in [0.25, 0.3) is 0 Å². The van der Waals surface area contributed by atoms with Crippen LogP contribution >= 0.6 is 15.9 Å². The van der Waals surface area contributed by atoms with Gasteiger partial charge in [-0.3, -0.25) is 4.79 Å². The summed E-state index contributed by atoms with van der Waals surface area (Å²) in [6.45, 7) is 4.80. The van der Waals surface area contributed by atoms with Crippen molar-refractivity contribution >= 4 is 21.8 Å². The van der Waals surface area contributed by atoms with E-state index in [4.69, 9.17) is 0 Å². The third kappa shape index (κ3) is 5.58. The molecule has 0 rings (SSSR count). The maximum Gasteiger partial charge on any atom is 0.222 e. The number of alkyl halides is 1. The third-order valence-electron chi connectivity index (χ3n) is 1.92. The monoisotopic (exact) mass is 235 g/mol. The molecule has 0 saturated heterocycles. The minimum absolute atomic E-state index is 0.161. The van der Waals surface area contributed by atoms with Gasteiger partial charge in [0, 0.05) is 17.8 Å². The van der Waals surface area contributed by atoms with Gasteiger partial charge in [-0.2, -0.15) is 0 Å². The van der Waals surface area contributed by atoms with Crippen molar-refractivity contribution in [3.05, 3.63) is 0 Å². The van der Waals surface area contributed by atoms with E-state index in [-0.39, 0.29) is 11.8 Å². The zero-order chi connectivity index (χ0) is 9.40. The molecule has 0 aromatic rings. The summed E-state index contributed by atoms with van der Waals surface area (Å²) in [4.78, 5) is 11.2. The molecule has 0 aromatic heterocycles. The fourth-order valence-electron chi connectivity index (χ4n) is 0.791. The average molecular weight is 236 g/mol. The largest absolute Gasteiger partial charge is 0.356 e. The Hall–Kier alpha value is -0.0500. The zero-order valence-electron chi connectivity index (χ0n) is 7.90. The minimum Gasteiger partial charge on any atom is -0.356 e. The highest BCUT2D eigenvalue weighted by Gasteiger charge is 2.08. The Morgan fingerprint density at radius 3 is 2.67 bits per heavy atom. The number of unbranched alkanes of at least 4 members (excludes halogenated alkanes) is 1. The van der Waals surface area contributed by atoms with Crippen LogP contribution in [0.1, 0.15) is 33.1 Å². The average Bonchev–Trinajstić information content (AvgIpc) is 2.10. The summed E-state index contributed by atoms with van der Waals surface area (Å²) in [5, 5.41) is 3.93. The second-order valence-electron chi connectivity index (χ2n) is 3.00. The normalized spacial score (nSPS) is 12.6. The molecule has 0 aliphatic rings. The predicted molar refractivity (Wildman–Crippen MR) is 55.5 cm³/mol. The first-order valence-corrected chi connectivity index (χ1v) is 5.68. The summed E-state index contributed by atoms with van der Waals surface area (Å²) < 4.78 is 0. The molecule has 0 radical (unpaired) electrons. The van der Waals surface area contributed by atoms with Gasteiger partial charge in [0.1, 0.15) is 0 Å². The van der Waals surface area contributed by atoms with Crippen molar-refractivity contribution in [2.24, 2.45) is 5.92 Å². The highest BCUT2D eigenvalue weighted by Crippen LogP contribution is 1.99. The van der Waals surface area contributed by atoms with Crippen LogP contribution in [0.2, 0.25) is 0 Å². The number of rotatable bonds is 6. The van der Waals surface area contributed by atoms with Crippen LogP contribution < -0.4 is 5.32 Å². The second-order valence-corrected chi connectivity index (χ2v) is 3.79. The van der Waals surface area contributed by atoms with Gasteiger partial charge in [-0.15, -0.1) is 0 Å². The molecule has 2 nitrogen and oxygen atoms in total. The van der Waals surface area contributed by atoms with Crippen molar-refractivity contribution in [3.8, 4) is 0 Å². The molecule has 1 atom stereocenters. The predicted octanol–water partition coefficient (Wildman–Crippen LogP) is 2.32. The van der Waals surface area contributed by atoms with E-state index in [9.17, 15) is 4.79 Å². The van der Waals surface area contributed by atoms with Gasteiger partial charge in [-0.05, 0) is 19.3 Å². The fourth-order valence-corrected chi connectivity index (χ4v) is 1.19. The molecule has 1 amide bonds. The van der Waals surface area contributed by atoms with Crippen LogP contribution in [-0.4, -0.2) is 17.8 Å². The van der Waals surface area contributed by atoms with Crippen LogP contribution in [0.15, 0.2) is 0 Å². The molecule has 0 spiro atoms. The summed E-state index contributed by atoms with van der Waals surface area (Å²) in [6.07, 6.45) is 3.11. The highest BCUT2D eigenvalue weighted by molar-refractivity contribution is 9.09. The van der Waals surface area contributed by atoms with E-state index < -0.39 is 0 Å². The summed E-state index contributed by atoms with van der Waals surface area (Å²) in [5.74, 6) is 0.348. The first-order valence-electron chi connectivity index (χ1n) is 4.56. The second kappa shape index (κ2) is 7.59. The highest BCUT2D eigenvalue weighted by atomic mass is 79.9. The third-order valence-corrected chi connectivity index (χ3v) is 2.48. The number of amides is 1. The van der Waals surface area contributed by atoms with Gasteiger partial charge < -0.3 is 5.32 Å². The van der Waals surface area contributed by atoms with Crippen molar-refractivity contribution in [2.75, 3.05) is 11.9 Å². The maximum atomic E-state index is 11.2. The zero-order valence-corrected chi connectivity index (χ0v) is 9.49. The summed E-state index contributed by atoms with van der Waals surface area (Å²) in [6, 6.07) is 0. The lowest BCUT2D eigenvalue weighted by molar-refractivity contribution is -0.124. The summed E-state index contributed by atoms with van der Waals surface area (Å²) in [7, 11) is 0. The molecule has 0 aromatic carbocycles. The molecule has 0 aliphatic heterocycles. The smallest absolute Gasteiger partial charge is 0.222 e. The Balaban J connectivity index is 3.31. The maximum absolute atomic E-state index is 11.2. The van der Waals surface area contributed by atoms with Crippen LogP contribution in [0.5, 0.6) is 0 Å². The lowest BCUT2D eigenvalue weighted by atomic mass is 10.1. The lowest BCUT2D eigenvalue weighted by Gasteiger charge is -2.08. The van der Waals surface area contributed by atoms with Gasteiger partial charge in [0.15, 0.2) is 0 Å². The number of halogens is 1. The molecular weight excluding hydrogens is 218 g/mol. The molecule has 3 heteroatoms. The van der Waals surface area contributed by atoms with Gasteiger partial charge in [0.05, 0.1) is 0 Å². The van der Waals surface area contributed by atoms with Gasteiger partial charge in [-0.1, -0.05) is 29.8 Å². The van der Waals surface area contributed by atoms with Gasteiger partial charge in [-0.25, -0.2) is 0 Å². The Kier molecular flexibility index (Phi) is 7.56. The summed E-state index contributed by atoms with van der Waals surface area (Å²) >= 11 is 3.35. The van der Waals surface area contributed by atoms with Gasteiger partial charge in [0.25, 0.3) is 0 Å². The number of nitrogens with one attached hydrogen (secondary N) is 1. The molecule has 0 aliphatic carbocycles. The molecule has 72 valence electrons. The molecule has 0 bridgehead atoms. The summed E-state index contributed by atoms with van der Waals surface area (Å²) in [5.41, 5.74) is 0. The number of carbonyl (C=O) groups excluding carboxylic acids is 1. The van der Waals surface area contributed by atoms with E-state index >= 15 is 0 Å². The molecule has 12 heavy (non-hydrogen) atoms. The van der Waals surface area contributed by atoms with Crippen molar-refractivity contribution in [3.63, 3.8) is 0 Å². The van der Waals surface area contributed by atoms with Crippen molar-refractivity contribution < 1.29 is 4.79 Å².